The van der Waals surface area contributed by atoms with Gasteiger partial charge >= 0.3 is 0 Å². The molecule has 0 fully saturated rings. The summed E-state index contributed by atoms with van der Waals surface area (Å²) in [4.78, 5) is 8.56. The van der Waals surface area contributed by atoms with E-state index >= 15 is 0 Å². The van der Waals surface area contributed by atoms with Gasteiger partial charge in [0.05, 0.1) is 0 Å². The third kappa shape index (κ3) is 2.15. The second kappa shape index (κ2) is 4.69. The van der Waals surface area contributed by atoms with E-state index in [4.69, 9.17) is 0 Å². The number of rotatable bonds is 2. The molecule has 0 radical (unpaired) electrons. The first-order valence-electron chi connectivity index (χ1n) is 6.26. The quantitative estimate of drug-likeness (QED) is 0.753. The van der Waals surface area contributed by atoms with Gasteiger partial charge in [0.15, 0.2) is 0 Å². The molecule has 2 aromatic heterocycles. The van der Waals surface area contributed by atoms with E-state index in [1.807, 2.05) is 31.7 Å². The van der Waals surface area contributed by atoms with Gasteiger partial charge in [-0.25, -0.2) is 4.98 Å². The van der Waals surface area contributed by atoms with Gasteiger partial charge in [0.2, 0.25) is 0 Å². The fraction of sp³-hybridized carbons (Fsp3) is 0.125. The molecule has 0 bridgehead atoms. The maximum absolute atomic E-state index is 4.36. The van der Waals surface area contributed by atoms with Gasteiger partial charge in [-0.2, -0.15) is 0 Å². The molecule has 0 unspecified atom stereocenters. The van der Waals surface area contributed by atoms with Gasteiger partial charge in [0.25, 0.3) is 0 Å². The monoisotopic (exact) mass is 249 g/mol. The van der Waals surface area contributed by atoms with Crippen LogP contribution in [0.3, 0.4) is 0 Å². The van der Waals surface area contributed by atoms with Crippen LogP contribution in [0.1, 0.15) is 5.56 Å². The van der Waals surface area contributed by atoms with E-state index in [0.717, 1.165) is 11.2 Å². The average molecular weight is 249 g/mol. The van der Waals surface area contributed by atoms with Crippen LogP contribution in [0, 0.1) is 6.92 Å². The number of benzene rings is 1. The van der Waals surface area contributed by atoms with Crippen LogP contribution in [0.15, 0.2) is 48.9 Å². The van der Waals surface area contributed by atoms with E-state index in [-0.39, 0.29) is 0 Å². The lowest BCUT2D eigenvalue weighted by Gasteiger charge is -2.07. The van der Waals surface area contributed by atoms with Gasteiger partial charge in [-0.15, -0.1) is 0 Å². The Kier molecular flexibility index (Phi) is 2.88. The summed E-state index contributed by atoms with van der Waals surface area (Å²) in [6.07, 6.45) is 5.63. The molecule has 0 saturated heterocycles. The van der Waals surface area contributed by atoms with Crippen LogP contribution in [0.2, 0.25) is 0 Å². The second-order valence-corrected chi connectivity index (χ2v) is 4.57. The molecule has 19 heavy (non-hydrogen) atoms. The van der Waals surface area contributed by atoms with Crippen molar-refractivity contribution >= 4 is 16.6 Å². The molecular formula is C16H15N3. The first kappa shape index (κ1) is 11.7. The van der Waals surface area contributed by atoms with Gasteiger partial charge in [0, 0.05) is 36.6 Å². The third-order valence-corrected chi connectivity index (χ3v) is 3.33. The standard InChI is InChI=1S/C16H15N3/c1-11-5-6-18-10-15(11)13-4-3-12-8-16(17-2)19-9-14(12)7-13/h3-10H,1-2H3,(H,17,19). The maximum Gasteiger partial charge on any atom is 0.126 e. The van der Waals surface area contributed by atoms with Crippen LogP contribution in [0.4, 0.5) is 5.82 Å². The second-order valence-electron chi connectivity index (χ2n) is 4.57. The molecule has 0 aliphatic carbocycles. The molecule has 3 nitrogen and oxygen atoms in total. The van der Waals surface area contributed by atoms with Gasteiger partial charge in [-0.3, -0.25) is 4.98 Å². The van der Waals surface area contributed by atoms with E-state index in [1.54, 1.807) is 0 Å². The summed E-state index contributed by atoms with van der Waals surface area (Å²) in [6, 6.07) is 10.5. The number of pyridine rings is 2. The predicted molar refractivity (Wildman–Crippen MR) is 79.3 cm³/mol. The molecule has 0 spiro atoms. The fourth-order valence-electron chi connectivity index (χ4n) is 2.21. The highest BCUT2D eigenvalue weighted by Gasteiger charge is 2.03. The van der Waals surface area contributed by atoms with Crippen LogP contribution < -0.4 is 5.32 Å². The topological polar surface area (TPSA) is 37.8 Å². The van der Waals surface area contributed by atoms with Crippen molar-refractivity contribution in [1.29, 1.82) is 0 Å². The highest BCUT2D eigenvalue weighted by atomic mass is 14.9. The van der Waals surface area contributed by atoms with Crippen molar-refractivity contribution in [3.8, 4) is 11.1 Å². The van der Waals surface area contributed by atoms with Crippen molar-refractivity contribution in [2.24, 2.45) is 0 Å². The highest BCUT2D eigenvalue weighted by Crippen LogP contribution is 2.26. The van der Waals surface area contributed by atoms with Crippen molar-refractivity contribution in [1.82, 2.24) is 9.97 Å². The molecule has 0 saturated carbocycles. The molecule has 1 aromatic carbocycles. The van der Waals surface area contributed by atoms with Gasteiger partial charge in [-0.1, -0.05) is 12.1 Å². The van der Waals surface area contributed by atoms with Crippen LogP contribution in [0.5, 0.6) is 0 Å². The van der Waals surface area contributed by atoms with E-state index < -0.39 is 0 Å². The number of anilines is 1. The number of hydrogen-bond acceptors (Lipinski definition) is 3. The number of nitrogens with one attached hydrogen (secondary N) is 1. The Balaban J connectivity index is 2.15. The summed E-state index contributed by atoms with van der Waals surface area (Å²) >= 11 is 0. The van der Waals surface area contributed by atoms with Gasteiger partial charge < -0.3 is 5.32 Å². The molecular weight excluding hydrogens is 234 g/mol. The Morgan fingerprint density at radius 3 is 2.68 bits per heavy atom. The Hall–Kier alpha value is -2.42. The molecule has 3 aromatic rings. The number of hydrogen-bond donors (Lipinski definition) is 1. The van der Waals surface area contributed by atoms with E-state index in [2.05, 4.69) is 46.5 Å². The van der Waals surface area contributed by atoms with E-state index in [0.29, 0.717) is 0 Å². The zero-order valence-electron chi connectivity index (χ0n) is 11.0. The van der Waals surface area contributed by atoms with Crippen LogP contribution in [-0.4, -0.2) is 17.0 Å². The van der Waals surface area contributed by atoms with E-state index in [1.165, 1.54) is 22.1 Å². The van der Waals surface area contributed by atoms with Gasteiger partial charge in [-0.05, 0) is 41.6 Å². The lowest BCUT2D eigenvalue weighted by molar-refractivity contribution is 1.29. The minimum atomic E-state index is 0.887. The Bertz CT molecular complexity index is 735. The Labute approximate surface area is 112 Å². The van der Waals surface area contributed by atoms with Crippen molar-refractivity contribution in [3.63, 3.8) is 0 Å². The van der Waals surface area contributed by atoms with Crippen molar-refractivity contribution in [2.75, 3.05) is 12.4 Å². The van der Waals surface area contributed by atoms with Crippen molar-refractivity contribution in [3.05, 3.63) is 54.5 Å². The lowest BCUT2D eigenvalue weighted by Crippen LogP contribution is -1.91. The first-order valence-corrected chi connectivity index (χ1v) is 6.26. The highest BCUT2D eigenvalue weighted by molar-refractivity contribution is 5.88. The average Bonchev–Trinajstić information content (AvgIpc) is 2.46. The summed E-state index contributed by atoms with van der Waals surface area (Å²) in [5, 5.41) is 5.38. The smallest absolute Gasteiger partial charge is 0.126 e. The molecule has 94 valence electrons. The number of fused-ring (bicyclic) bond motifs is 1. The zero-order chi connectivity index (χ0) is 13.2. The molecule has 0 atom stereocenters. The number of aromatic nitrogens is 2. The fourth-order valence-corrected chi connectivity index (χ4v) is 2.21. The molecule has 1 N–H and O–H groups in total. The van der Waals surface area contributed by atoms with Crippen LogP contribution >= 0.6 is 0 Å². The largest absolute Gasteiger partial charge is 0.373 e. The molecule has 0 aliphatic heterocycles. The summed E-state index contributed by atoms with van der Waals surface area (Å²) in [6.45, 7) is 2.10. The third-order valence-electron chi connectivity index (χ3n) is 3.33. The Morgan fingerprint density at radius 2 is 1.89 bits per heavy atom. The summed E-state index contributed by atoms with van der Waals surface area (Å²) in [7, 11) is 1.88. The van der Waals surface area contributed by atoms with Crippen LogP contribution in [-0.2, 0) is 0 Å². The molecule has 2 heterocycles. The maximum atomic E-state index is 4.36. The minimum absolute atomic E-state index is 0.887. The van der Waals surface area contributed by atoms with E-state index in [9.17, 15) is 0 Å². The lowest BCUT2D eigenvalue weighted by atomic mass is 10.0. The summed E-state index contributed by atoms with van der Waals surface area (Å²) < 4.78 is 0. The molecule has 0 amide bonds. The summed E-state index contributed by atoms with van der Waals surface area (Å²) in [5.41, 5.74) is 3.58. The van der Waals surface area contributed by atoms with Crippen molar-refractivity contribution in [2.45, 2.75) is 6.92 Å². The predicted octanol–water partition coefficient (Wildman–Crippen LogP) is 3.65. The van der Waals surface area contributed by atoms with Crippen molar-refractivity contribution < 1.29 is 0 Å². The summed E-state index contributed by atoms with van der Waals surface area (Å²) in [5.74, 6) is 0.887. The SMILES string of the molecule is CNc1cc2ccc(-c3cnccc3C)cc2cn1. The molecule has 3 heteroatoms. The number of nitrogens with zero attached hydrogens (tertiary/aromatic N) is 2. The minimum Gasteiger partial charge on any atom is -0.373 e. The Morgan fingerprint density at radius 1 is 1.00 bits per heavy atom. The van der Waals surface area contributed by atoms with Gasteiger partial charge in [0.1, 0.15) is 5.82 Å². The van der Waals surface area contributed by atoms with Crippen LogP contribution in [0.25, 0.3) is 21.9 Å². The molecule has 3 rings (SSSR count). The first-order chi connectivity index (χ1) is 9.28. The molecule has 0 aliphatic rings. The normalized spacial score (nSPS) is 10.6. The number of aryl methyl sites for hydroxylation is 1. The zero-order valence-corrected chi connectivity index (χ0v) is 11.0.